The van der Waals surface area contributed by atoms with Gasteiger partial charge in [0.1, 0.15) is 11.4 Å². The summed E-state index contributed by atoms with van der Waals surface area (Å²) >= 11 is 13.4. The van der Waals surface area contributed by atoms with Crippen molar-refractivity contribution < 1.29 is 29.3 Å². The number of ether oxygens (including phenoxy) is 1. The minimum absolute atomic E-state index is 0.0902. The van der Waals surface area contributed by atoms with Crippen molar-refractivity contribution in [1.29, 1.82) is 0 Å². The van der Waals surface area contributed by atoms with Gasteiger partial charge in [-0.15, -0.1) is 23.2 Å². The van der Waals surface area contributed by atoms with Crippen LogP contribution in [-0.2, 0) is 19.1 Å². The largest absolute Gasteiger partial charge is 0.430 e. The van der Waals surface area contributed by atoms with E-state index < -0.39 is 39.2 Å². The fourth-order valence-electron chi connectivity index (χ4n) is 7.66. The third kappa shape index (κ3) is 2.96. The number of allylic oxidation sites excluding steroid dienone is 3. The maximum atomic E-state index is 12.9. The average Bonchev–Trinajstić information content (AvgIpc) is 2.96. The fraction of sp³-hybridized carbons (Fsp3) is 0.720. The minimum Gasteiger partial charge on any atom is -0.430 e. The second-order valence-corrected chi connectivity index (χ2v) is 11.5. The van der Waals surface area contributed by atoms with Crippen LogP contribution in [0.4, 0.5) is 0 Å². The molecular weight excluding hydrogens is 467 g/mol. The maximum absolute atomic E-state index is 12.9. The van der Waals surface area contributed by atoms with Gasteiger partial charge in [-0.1, -0.05) is 26.3 Å². The summed E-state index contributed by atoms with van der Waals surface area (Å²) in [6.07, 6.45) is 3.62. The van der Waals surface area contributed by atoms with Gasteiger partial charge in [0.05, 0.1) is 22.3 Å². The number of rotatable bonds is 4. The normalized spacial score (nSPS) is 46.5. The highest BCUT2D eigenvalue weighted by molar-refractivity contribution is 6.29. The van der Waals surface area contributed by atoms with E-state index in [-0.39, 0.29) is 48.0 Å². The quantitative estimate of drug-likeness (QED) is 0.452. The van der Waals surface area contributed by atoms with Crippen molar-refractivity contribution in [2.24, 2.45) is 28.6 Å². The van der Waals surface area contributed by atoms with Gasteiger partial charge in [0.15, 0.2) is 11.6 Å². The van der Waals surface area contributed by atoms with Crippen molar-refractivity contribution in [2.75, 3.05) is 5.88 Å². The number of aliphatic hydroxyl groups is 2. The Kier molecular flexibility index (Phi) is 5.97. The Morgan fingerprint density at radius 2 is 1.91 bits per heavy atom. The Hall–Kier alpha value is -1.21. The molecule has 0 aromatic carbocycles. The van der Waals surface area contributed by atoms with Crippen molar-refractivity contribution >= 4 is 40.7 Å². The molecule has 4 aliphatic rings. The van der Waals surface area contributed by atoms with Gasteiger partial charge in [0.2, 0.25) is 0 Å². The smallest absolute Gasteiger partial charge is 0.310 e. The van der Waals surface area contributed by atoms with E-state index in [1.165, 1.54) is 12.2 Å². The number of carbonyl (C=O) groups is 3. The van der Waals surface area contributed by atoms with Crippen LogP contribution in [-0.4, -0.2) is 50.2 Å². The zero-order chi connectivity index (χ0) is 24.6. The Balaban J connectivity index is 1.85. The number of fused-ring (bicyclic) bond motifs is 5. The van der Waals surface area contributed by atoms with Crippen LogP contribution in [0.25, 0.3) is 0 Å². The molecule has 6 nitrogen and oxygen atoms in total. The molecule has 3 saturated carbocycles. The van der Waals surface area contributed by atoms with Crippen molar-refractivity contribution in [2.45, 2.75) is 76.4 Å². The molecule has 0 aromatic heterocycles. The molecule has 4 rings (SSSR count). The predicted molar refractivity (Wildman–Crippen MR) is 124 cm³/mol. The van der Waals surface area contributed by atoms with Crippen LogP contribution >= 0.6 is 23.2 Å². The number of Topliss-reactive ketones (excluding diaryl/α,β-unsaturated/α-hetero) is 1. The van der Waals surface area contributed by atoms with Crippen LogP contribution in [0.2, 0.25) is 0 Å². The topological polar surface area (TPSA) is 101 Å². The molecule has 8 heteroatoms. The molecule has 1 unspecified atom stereocenters. The van der Waals surface area contributed by atoms with Gasteiger partial charge >= 0.3 is 5.97 Å². The standard InChI is InChI=1S/C25H32Cl2O6/c1-5-21(31)33-20-10-15(28)9-14-6-7-16-17-8-13(2)25(32,19(30)12-26)22(17,3)11-18(29)24(16,27)23(14,20)4/h9-10,13,16-18,29,32H,5-8,11-12H2,1-4H3/t13-,16?,17+,18+,22+,23+,24+,25+/m1/s1. The van der Waals surface area contributed by atoms with Crippen molar-refractivity contribution in [3.05, 3.63) is 23.5 Å². The summed E-state index contributed by atoms with van der Waals surface area (Å²) in [7, 11) is 0. The number of hydrogen-bond donors (Lipinski definition) is 2. The number of hydrogen-bond acceptors (Lipinski definition) is 6. The molecule has 2 N–H and O–H groups in total. The lowest BCUT2D eigenvalue weighted by Crippen LogP contribution is -2.69. The van der Waals surface area contributed by atoms with Crippen LogP contribution in [0.1, 0.15) is 59.8 Å². The lowest BCUT2D eigenvalue weighted by Gasteiger charge is -2.64. The molecule has 33 heavy (non-hydrogen) atoms. The van der Waals surface area contributed by atoms with E-state index in [2.05, 4.69) is 0 Å². The van der Waals surface area contributed by atoms with E-state index in [1.807, 2.05) is 20.8 Å². The Morgan fingerprint density at radius 3 is 2.52 bits per heavy atom. The van der Waals surface area contributed by atoms with E-state index in [0.29, 0.717) is 19.3 Å². The molecule has 182 valence electrons. The maximum Gasteiger partial charge on any atom is 0.310 e. The second-order valence-electron chi connectivity index (χ2n) is 10.7. The number of carbonyl (C=O) groups excluding carboxylic acids is 3. The number of esters is 1. The Bertz CT molecular complexity index is 974. The molecule has 0 saturated heterocycles. The summed E-state index contributed by atoms with van der Waals surface area (Å²) < 4.78 is 5.64. The summed E-state index contributed by atoms with van der Waals surface area (Å²) in [5.74, 6) is -2.12. The van der Waals surface area contributed by atoms with Crippen LogP contribution in [0.15, 0.2) is 23.5 Å². The summed E-state index contributed by atoms with van der Waals surface area (Å²) in [6, 6.07) is 0. The molecular formula is C25H32Cl2O6. The van der Waals surface area contributed by atoms with E-state index >= 15 is 0 Å². The lowest BCUT2D eigenvalue weighted by molar-refractivity contribution is -0.178. The molecule has 0 amide bonds. The van der Waals surface area contributed by atoms with Crippen molar-refractivity contribution in [1.82, 2.24) is 0 Å². The van der Waals surface area contributed by atoms with Crippen LogP contribution in [0.3, 0.4) is 0 Å². The number of halogens is 2. The zero-order valence-electron chi connectivity index (χ0n) is 19.5. The monoisotopic (exact) mass is 498 g/mol. The van der Waals surface area contributed by atoms with Crippen LogP contribution in [0, 0.1) is 28.6 Å². The molecule has 0 radical (unpaired) electrons. The second kappa shape index (κ2) is 7.91. The number of alkyl halides is 2. The molecule has 3 fully saturated rings. The van der Waals surface area contributed by atoms with Gasteiger partial charge in [-0.2, -0.15) is 0 Å². The SMILES string of the molecule is CCC(=O)OC1=CC(=O)C=C2CCC3[C@@H]4C[C@@H](C)[C@](O)(C(=O)CCl)[C@@]4(C)C[C@H](O)[C@]3(Cl)[C@@]21C. The minimum atomic E-state index is -1.66. The summed E-state index contributed by atoms with van der Waals surface area (Å²) in [5.41, 5.74) is -2.92. The van der Waals surface area contributed by atoms with E-state index in [4.69, 9.17) is 27.9 Å². The molecule has 4 aliphatic carbocycles. The first-order chi connectivity index (χ1) is 15.3. The first-order valence-electron chi connectivity index (χ1n) is 11.7. The molecule has 8 atom stereocenters. The summed E-state index contributed by atoms with van der Waals surface area (Å²) in [5, 5.41) is 23.3. The molecule has 0 spiro atoms. The third-order valence-electron chi connectivity index (χ3n) is 9.41. The zero-order valence-corrected chi connectivity index (χ0v) is 21.0. The lowest BCUT2D eigenvalue weighted by atomic mass is 9.45. The third-order valence-corrected chi connectivity index (χ3v) is 10.6. The highest BCUT2D eigenvalue weighted by Crippen LogP contribution is 2.72. The van der Waals surface area contributed by atoms with Gasteiger partial charge in [-0.25, -0.2) is 0 Å². The molecule has 0 aliphatic heterocycles. The van der Waals surface area contributed by atoms with Crippen LogP contribution in [0.5, 0.6) is 0 Å². The molecule has 0 heterocycles. The van der Waals surface area contributed by atoms with Gasteiger partial charge in [-0.05, 0) is 56.4 Å². The first kappa shape index (κ1) is 24.9. The highest BCUT2D eigenvalue weighted by atomic mass is 35.5. The van der Waals surface area contributed by atoms with E-state index in [0.717, 1.165) is 5.57 Å². The number of ketones is 2. The van der Waals surface area contributed by atoms with Gasteiger partial charge in [-0.3, -0.25) is 14.4 Å². The van der Waals surface area contributed by atoms with Gasteiger partial charge < -0.3 is 14.9 Å². The van der Waals surface area contributed by atoms with Crippen molar-refractivity contribution in [3.63, 3.8) is 0 Å². The average molecular weight is 499 g/mol. The summed E-state index contributed by atoms with van der Waals surface area (Å²) in [4.78, 5) is 36.3. The first-order valence-corrected chi connectivity index (χ1v) is 12.6. The summed E-state index contributed by atoms with van der Waals surface area (Å²) in [6.45, 7) is 7.21. The predicted octanol–water partition coefficient (Wildman–Crippen LogP) is 3.69. The Morgan fingerprint density at radius 1 is 1.24 bits per heavy atom. The molecule has 0 aromatic rings. The molecule has 0 bridgehead atoms. The van der Waals surface area contributed by atoms with Gasteiger partial charge in [0.25, 0.3) is 0 Å². The number of aliphatic hydroxyl groups excluding tert-OH is 1. The van der Waals surface area contributed by atoms with Crippen LogP contribution < -0.4 is 0 Å². The van der Waals surface area contributed by atoms with Crippen molar-refractivity contribution in [3.8, 4) is 0 Å². The van der Waals surface area contributed by atoms with Gasteiger partial charge in [0, 0.05) is 17.9 Å². The highest BCUT2D eigenvalue weighted by Gasteiger charge is 2.75. The Labute approximate surface area is 204 Å². The van der Waals surface area contributed by atoms with E-state index in [1.54, 1.807) is 6.92 Å². The fourth-order valence-corrected chi connectivity index (χ4v) is 8.41. The van der Waals surface area contributed by atoms with E-state index in [9.17, 15) is 24.6 Å².